The quantitative estimate of drug-likeness (QED) is 0.0195. The van der Waals surface area contributed by atoms with Crippen molar-refractivity contribution in [2.75, 3.05) is 47.5 Å². The molecule has 0 N–H and O–H groups in total. The molecule has 0 bridgehead atoms. The Balaban J connectivity index is 3.90. The molecule has 94 heavy (non-hydrogen) atoms. The predicted molar refractivity (Wildman–Crippen MR) is 406 cm³/mol. The van der Waals surface area contributed by atoms with Crippen molar-refractivity contribution >= 4 is 19.8 Å². The van der Waals surface area contributed by atoms with E-state index in [1.807, 2.05) is 21.1 Å². The number of quaternary nitrogens is 1. The lowest BCUT2D eigenvalue weighted by Crippen LogP contribution is -2.37. The van der Waals surface area contributed by atoms with Crippen molar-refractivity contribution in [3.05, 3.63) is 85.1 Å². The number of ether oxygens (including phenoxy) is 2. The van der Waals surface area contributed by atoms with Crippen LogP contribution in [-0.4, -0.2) is 70.0 Å². The van der Waals surface area contributed by atoms with Gasteiger partial charge in [-0.2, -0.15) is 0 Å². The van der Waals surface area contributed by atoms with Crippen molar-refractivity contribution in [2.24, 2.45) is 0 Å². The van der Waals surface area contributed by atoms with Crippen molar-refractivity contribution in [2.45, 2.75) is 392 Å². The van der Waals surface area contributed by atoms with Crippen LogP contribution in [0.15, 0.2) is 85.1 Å². The second kappa shape index (κ2) is 74.4. The second-order valence-corrected chi connectivity index (χ2v) is 29.8. The van der Waals surface area contributed by atoms with E-state index < -0.39 is 26.5 Å². The zero-order valence-corrected chi connectivity index (χ0v) is 63.6. The topological polar surface area (TPSA) is 111 Å². The molecule has 9 nitrogen and oxygen atoms in total. The Labute approximate surface area is 583 Å². The first-order chi connectivity index (χ1) is 46.0. The smallest absolute Gasteiger partial charge is 0.306 e. The molecule has 0 fully saturated rings. The van der Waals surface area contributed by atoms with Crippen LogP contribution < -0.4 is 4.89 Å². The SMILES string of the molecule is CC/C=C\C/C=C\C/C=C\C/C=C\C/C=C\CCCCCCCCCCCCCCCC(=O)OC(COC(=O)CCCCCCCCCCCCCCCCCCCCCCCCCCCCCCC/C=C\C/C=C\CCCCCCC)COP(=O)([O-])OCC[N+](C)(C)C. The lowest BCUT2D eigenvalue weighted by atomic mass is 10.0. The highest BCUT2D eigenvalue weighted by atomic mass is 31.2. The Kier molecular flexibility index (Phi) is 72.2. The molecule has 0 amide bonds. The lowest BCUT2D eigenvalue weighted by molar-refractivity contribution is -0.870. The first-order valence-electron chi connectivity index (χ1n) is 40.3. The molecule has 0 saturated heterocycles. The number of nitrogens with zero attached hydrogens (tertiary/aromatic N) is 1. The summed E-state index contributed by atoms with van der Waals surface area (Å²) >= 11 is 0. The van der Waals surface area contributed by atoms with Gasteiger partial charge in [0.25, 0.3) is 7.82 Å². The van der Waals surface area contributed by atoms with Crippen molar-refractivity contribution in [1.82, 2.24) is 0 Å². The summed E-state index contributed by atoms with van der Waals surface area (Å²) in [6, 6.07) is 0. The van der Waals surface area contributed by atoms with Gasteiger partial charge in [0.05, 0.1) is 27.7 Å². The summed E-state index contributed by atoms with van der Waals surface area (Å²) in [6.45, 7) is 4.17. The fraction of sp³-hybridized carbons (Fsp3) is 0.810. The van der Waals surface area contributed by atoms with Gasteiger partial charge in [-0.25, -0.2) is 0 Å². The predicted octanol–water partition coefficient (Wildman–Crippen LogP) is 26.2. The van der Waals surface area contributed by atoms with Crippen LogP contribution in [0.5, 0.6) is 0 Å². The minimum Gasteiger partial charge on any atom is -0.756 e. The van der Waals surface area contributed by atoms with Crippen molar-refractivity contribution in [3.8, 4) is 0 Å². The van der Waals surface area contributed by atoms with Gasteiger partial charge in [-0.3, -0.25) is 14.2 Å². The van der Waals surface area contributed by atoms with Gasteiger partial charge < -0.3 is 27.9 Å². The van der Waals surface area contributed by atoms with E-state index in [2.05, 4.69) is 98.9 Å². The normalized spacial score (nSPS) is 13.5. The number of unbranched alkanes of at least 4 members (excludes halogenated alkanes) is 47. The number of rotatable bonds is 75. The van der Waals surface area contributed by atoms with Crippen LogP contribution >= 0.6 is 7.82 Å². The molecule has 0 aliphatic carbocycles. The first kappa shape index (κ1) is 91.2. The van der Waals surface area contributed by atoms with Crippen LogP contribution in [0.3, 0.4) is 0 Å². The van der Waals surface area contributed by atoms with Crippen LogP contribution in [0.2, 0.25) is 0 Å². The zero-order chi connectivity index (χ0) is 68.3. The summed E-state index contributed by atoms with van der Waals surface area (Å²) in [5.74, 6) is -0.819. The maximum atomic E-state index is 12.9. The van der Waals surface area contributed by atoms with Crippen LogP contribution in [0.25, 0.3) is 0 Å². The summed E-state index contributed by atoms with van der Waals surface area (Å²) in [6.07, 6.45) is 103. The number of phosphoric acid groups is 1. The fourth-order valence-corrected chi connectivity index (χ4v) is 12.5. The average molecular weight is 1340 g/mol. The van der Waals surface area contributed by atoms with E-state index in [1.165, 1.54) is 276 Å². The van der Waals surface area contributed by atoms with E-state index in [9.17, 15) is 19.0 Å². The minimum atomic E-state index is -4.65. The Morgan fingerprint density at radius 1 is 0.340 bits per heavy atom. The third-order valence-electron chi connectivity index (χ3n) is 17.9. The Hall–Kier alpha value is -2.81. The van der Waals surface area contributed by atoms with Crippen LogP contribution in [0, 0.1) is 0 Å². The van der Waals surface area contributed by atoms with Crippen molar-refractivity contribution in [1.29, 1.82) is 0 Å². The lowest BCUT2D eigenvalue weighted by Gasteiger charge is -2.28. The Bertz CT molecular complexity index is 1860. The molecule has 0 aromatic heterocycles. The van der Waals surface area contributed by atoms with Crippen molar-refractivity contribution in [3.63, 3.8) is 0 Å². The highest BCUT2D eigenvalue weighted by Crippen LogP contribution is 2.38. The average Bonchev–Trinajstić information content (AvgIpc) is 1.65. The van der Waals surface area contributed by atoms with E-state index in [4.69, 9.17) is 18.5 Å². The number of likely N-dealkylation sites (N-methyl/N-ethyl adjacent to an activating group) is 1. The van der Waals surface area contributed by atoms with E-state index in [0.29, 0.717) is 17.4 Å². The van der Waals surface area contributed by atoms with Crippen LogP contribution in [0.1, 0.15) is 386 Å². The molecular weight excluding hydrogens is 1180 g/mol. The molecule has 10 heteroatoms. The molecule has 0 heterocycles. The van der Waals surface area contributed by atoms with Gasteiger partial charge in [-0.05, 0) is 89.9 Å². The number of esters is 2. The molecule has 0 aromatic carbocycles. The molecule has 0 aromatic rings. The summed E-state index contributed by atoms with van der Waals surface area (Å²) in [4.78, 5) is 38.2. The van der Waals surface area contributed by atoms with Crippen LogP contribution in [0.4, 0.5) is 0 Å². The first-order valence-corrected chi connectivity index (χ1v) is 41.8. The second-order valence-electron chi connectivity index (χ2n) is 28.4. The summed E-state index contributed by atoms with van der Waals surface area (Å²) < 4.78 is 34.4. The van der Waals surface area contributed by atoms with Crippen LogP contribution in [-0.2, 0) is 32.7 Å². The molecule has 2 atom stereocenters. The zero-order valence-electron chi connectivity index (χ0n) is 62.7. The van der Waals surface area contributed by atoms with E-state index >= 15 is 0 Å². The standard InChI is InChI=1S/C84H154NO8P/c1-6-8-10-12-14-16-18-20-22-24-26-28-30-32-34-36-37-38-39-40-41-42-43-44-45-46-47-49-50-52-54-56-58-60-62-64-66-68-70-72-74-76-83(86)90-80-82(81-92-94(88,89)91-79-78-85(3,4)5)93-84(87)77-75-73-71-69-67-65-63-61-59-57-55-53-51-48-35-33-31-29-27-25-23-21-19-17-15-13-11-9-7-2/h9,11,15,17-18,20-21,23-24,26-27,29,33,35,82H,6-8,10,12-14,16,19,22,25,28,30-32,34,36-81H2,1-5H3/b11-9-,17-15-,20-18-,23-21-,26-24-,29-27-,35-33-. The van der Waals surface area contributed by atoms with Crippen molar-refractivity contribution < 1.29 is 42.1 Å². The maximum Gasteiger partial charge on any atom is 0.306 e. The number of carbonyl (C=O) groups is 2. The van der Waals surface area contributed by atoms with Gasteiger partial charge >= 0.3 is 11.9 Å². The Morgan fingerprint density at radius 3 is 0.904 bits per heavy atom. The highest BCUT2D eigenvalue weighted by Gasteiger charge is 2.22. The largest absolute Gasteiger partial charge is 0.756 e. The van der Waals surface area contributed by atoms with Gasteiger partial charge in [0, 0.05) is 12.8 Å². The molecule has 0 saturated carbocycles. The summed E-state index contributed by atoms with van der Waals surface area (Å²) in [5, 5.41) is 0. The third kappa shape index (κ3) is 78.2. The van der Waals surface area contributed by atoms with E-state index in [1.54, 1.807) is 0 Å². The molecule has 0 aliphatic heterocycles. The molecule has 548 valence electrons. The Morgan fingerprint density at radius 2 is 0.606 bits per heavy atom. The highest BCUT2D eigenvalue weighted by molar-refractivity contribution is 7.45. The molecule has 0 aliphatic rings. The van der Waals surface area contributed by atoms with Gasteiger partial charge in [0.15, 0.2) is 6.10 Å². The molecule has 0 rings (SSSR count). The molecule has 2 unspecified atom stereocenters. The molecule has 0 radical (unpaired) electrons. The maximum absolute atomic E-state index is 12.9. The fourth-order valence-electron chi connectivity index (χ4n) is 11.8. The monoisotopic (exact) mass is 1340 g/mol. The van der Waals surface area contributed by atoms with Gasteiger partial charge in [-0.1, -0.05) is 369 Å². The van der Waals surface area contributed by atoms with Gasteiger partial charge in [0.1, 0.15) is 19.8 Å². The summed E-state index contributed by atoms with van der Waals surface area (Å²) in [5.41, 5.74) is 0. The summed E-state index contributed by atoms with van der Waals surface area (Å²) in [7, 11) is 1.18. The van der Waals surface area contributed by atoms with E-state index in [0.717, 1.165) is 77.0 Å². The molecular formula is C84H154NO8P. The minimum absolute atomic E-state index is 0.0314. The number of hydrogen-bond acceptors (Lipinski definition) is 8. The molecule has 0 spiro atoms. The number of carbonyl (C=O) groups excluding carboxylic acids is 2. The number of phosphoric ester groups is 1. The number of hydrogen-bond donors (Lipinski definition) is 0. The third-order valence-corrected chi connectivity index (χ3v) is 18.9. The van der Waals surface area contributed by atoms with Gasteiger partial charge in [0.2, 0.25) is 0 Å². The van der Waals surface area contributed by atoms with E-state index in [-0.39, 0.29) is 32.0 Å². The van der Waals surface area contributed by atoms with Gasteiger partial charge in [-0.15, -0.1) is 0 Å². The number of allylic oxidation sites excluding steroid dienone is 14.